The van der Waals surface area contributed by atoms with Crippen LogP contribution in [0.4, 0.5) is 0 Å². The van der Waals surface area contributed by atoms with Crippen molar-refractivity contribution >= 4 is 5.96 Å². The van der Waals surface area contributed by atoms with Crippen LogP contribution < -0.4 is 10.6 Å². The third-order valence-electron chi connectivity index (χ3n) is 5.23. The third-order valence-corrected chi connectivity index (χ3v) is 5.23. The fourth-order valence-electron chi connectivity index (χ4n) is 3.77. The van der Waals surface area contributed by atoms with Crippen molar-refractivity contribution < 1.29 is 4.74 Å². The summed E-state index contributed by atoms with van der Waals surface area (Å²) in [4.78, 5) is 6.97. The minimum absolute atomic E-state index is 0.336. The summed E-state index contributed by atoms with van der Waals surface area (Å²) in [5.74, 6) is 0.890. The molecule has 5 heteroatoms. The Balaban J connectivity index is 1.46. The molecule has 0 aromatic heterocycles. The van der Waals surface area contributed by atoms with E-state index >= 15 is 0 Å². The van der Waals surface area contributed by atoms with Gasteiger partial charge in [0.05, 0.1) is 6.10 Å². The van der Waals surface area contributed by atoms with Crippen molar-refractivity contribution in [2.75, 3.05) is 33.3 Å². The second-order valence-corrected chi connectivity index (χ2v) is 7.07. The minimum atomic E-state index is 0.336. The fourth-order valence-corrected chi connectivity index (χ4v) is 3.77. The zero-order chi connectivity index (χ0) is 17.3. The molecule has 0 radical (unpaired) electrons. The zero-order valence-electron chi connectivity index (χ0n) is 15.4. The average Bonchev–Trinajstić information content (AvgIpc) is 3.17. The molecular formula is C20H32N4O. The molecule has 0 amide bonds. The van der Waals surface area contributed by atoms with E-state index in [9.17, 15) is 0 Å². The Kier molecular flexibility index (Phi) is 7.12. The minimum Gasteiger partial charge on any atom is -0.376 e. The second kappa shape index (κ2) is 9.78. The maximum atomic E-state index is 5.67. The van der Waals surface area contributed by atoms with E-state index < -0.39 is 0 Å². The van der Waals surface area contributed by atoms with E-state index in [4.69, 9.17) is 4.74 Å². The fraction of sp³-hybridized carbons (Fsp3) is 0.650. The molecule has 25 heavy (non-hydrogen) atoms. The molecule has 2 fully saturated rings. The van der Waals surface area contributed by atoms with Gasteiger partial charge >= 0.3 is 0 Å². The molecular weight excluding hydrogens is 312 g/mol. The van der Waals surface area contributed by atoms with Crippen LogP contribution in [-0.2, 0) is 11.3 Å². The lowest BCUT2D eigenvalue weighted by Gasteiger charge is -2.36. The van der Waals surface area contributed by atoms with E-state index in [1.54, 1.807) is 0 Å². The molecule has 3 rings (SSSR count). The molecule has 2 saturated heterocycles. The number of likely N-dealkylation sites (tertiary alicyclic amines) is 1. The van der Waals surface area contributed by atoms with Crippen molar-refractivity contribution in [3.05, 3.63) is 35.9 Å². The normalized spacial score (nSPS) is 25.1. The van der Waals surface area contributed by atoms with Crippen LogP contribution in [-0.4, -0.2) is 56.3 Å². The summed E-state index contributed by atoms with van der Waals surface area (Å²) in [6, 6.07) is 11.4. The molecule has 2 unspecified atom stereocenters. The summed E-state index contributed by atoms with van der Waals surface area (Å²) >= 11 is 0. The number of guanidine groups is 1. The molecule has 2 aliphatic heterocycles. The zero-order valence-corrected chi connectivity index (χ0v) is 15.4. The highest BCUT2D eigenvalue weighted by Crippen LogP contribution is 2.19. The van der Waals surface area contributed by atoms with Crippen molar-refractivity contribution in [2.24, 2.45) is 4.99 Å². The number of aliphatic imine (C=N–C) groups is 1. The number of nitrogens with zero attached hydrogens (tertiary/aromatic N) is 2. The predicted molar refractivity (Wildman–Crippen MR) is 103 cm³/mol. The Bertz CT molecular complexity index is 528. The summed E-state index contributed by atoms with van der Waals surface area (Å²) in [6.07, 6.45) is 6.53. The first kappa shape index (κ1) is 18.2. The molecule has 2 N–H and O–H groups in total. The van der Waals surface area contributed by atoms with E-state index in [2.05, 4.69) is 50.9 Å². The second-order valence-electron chi connectivity index (χ2n) is 7.07. The Morgan fingerprint density at radius 1 is 1.12 bits per heavy atom. The lowest BCUT2D eigenvalue weighted by molar-refractivity contribution is 0.113. The van der Waals surface area contributed by atoms with E-state index in [1.807, 2.05) is 7.05 Å². The van der Waals surface area contributed by atoms with Crippen LogP contribution >= 0.6 is 0 Å². The molecule has 0 aliphatic carbocycles. The third kappa shape index (κ3) is 5.72. The standard InChI is InChI=1S/C20H32N4O/c1-21-20(23-15-19-11-7-13-25-19)22-14-18-10-5-6-12-24(18)16-17-8-3-2-4-9-17/h2-4,8-9,18-19H,5-7,10-16H2,1H3,(H2,21,22,23). The van der Waals surface area contributed by atoms with Crippen molar-refractivity contribution in [2.45, 2.75) is 50.8 Å². The van der Waals surface area contributed by atoms with Gasteiger partial charge < -0.3 is 15.4 Å². The first-order chi connectivity index (χ1) is 12.3. The largest absolute Gasteiger partial charge is 0.376 e. The van der Waals surface area contributed by atoms with Gasteiger partial charge in [0.2, 0.25) is 0 Å². The molecule has 2 aliphatic rings. The van der Waals surface area contributed by atoms with Gasteiger partial charge in [-0.3, -0.25) is 9.89 Å². The number of hydrogen-bond acceptors (Lipinski definition) is 3. The van der Waals surface area contributed by atoms with Gasteiger partial charge in [-0.05, 0) is 37.8 Å². The van der Waals surface area contributed by atoms with Crippen LogP contribution in [0.5, 0.6) is 0 Å². The van der Waals surface area contributed by atoms with E-state index in [-0.39, 0.29) is 0 Å². The van der Waals surface area contributed by atoms with Crippen LogP contribution in [0.25, 0.3) is 0 Å². The van der Waals surface area contributed by atoms with Crippen LogP contribution in [0, 0.1) is 0 Å². The molecule has 0 saturated carbocycles. The number of ether oxygens (including phenoxy) is 1. The van der Waals surface area contributed by atoms with Gasteiger partial charge in [0, 0.05) is 39.3 Å². The summed E-state index contributed by atoms with van der Waals surface area (Å²) in [5, 5.41) is 6.93. The Morgan fingerprint density at radius 3 is 2.72 bits per heavy atom. The SMILES string of the molecule is CN=C(NCC1CCCO1)NCC1CCCCN1Cc1ccccc1. The maximum absolute atomic E-state index is 5.67. The predicted octanol–water partition coefficient (Wildman–Crippen LogP) is 2.39. The monoisotopic (exact) mass is 344 g/mol. The number of benzene rings is 1. The summed E-state index contributed by atoms with van der Waals surface area (Å²) in [7, 11) is 1.84. The van der Waals surface area contributed by atoms with Crippen LogP contribution in [0.3, 0.4) is 0 Å². The Labute approximate surface area is 151 Å². The van der Waals surface area contributed by atoms with Crippen LogP contribution in [0.1, 0.15) is 37.7 Å². The van der Waals surface area contributed by atoms with Crippen LogP contribution in [0.2, 0.25) is 0 Å². The summed E-state index contributed by atoms with van der Waals surface area (Å²) in [5.41, 5.74) is 1.40. The highest BCUT2D eigenvalue weighted by Gasteiger charge is 2.23. The smallest absolute Gasteiger partial charge is 0.191 e. The molecule has 138 valence electrons. The van der Waals surface area contributed by atoms with Crippen molar-refractivity contribution in [3.63, 3.8) is 0 Å². The molecule has 0 bridgehead atoms. The van der Waals surface area contributed by atoms with Gasteiger partial charge in [-0.25, -0.2) is 0 Å². The summed E-state index contributed by atoms with van der Waals surface area (Å²) < 4.78 is 5.67. The van der Waals surface area contributed by atoms with Crippen LogP contribution in [0.15, 0.2) is 35.3 Å². The van der Waals surface area contributed by atoms with Gasteiger partial charge in [0.25, 0.3) is 0 Å². The quantitative estimate of drug-likeness (QED) is 0.614. The Morgan fingerprint density at radius 2 is 1.96 bits per heavy atom. The van der Waals surface area contributed by atoms with Gasteiger partial charge in [-0.15, -0.1) is 0 Å². The molecule has 1 aromatic rings. The van der Waals surface area contributed by atoms with Crippen molar-refractivity contribution in [1.29, 1.82) is 0 Å². The Hall–Kier alpha value is -1.59. The first-order valence-corrected chi connectivity index (χ1v) is 9.69. The molecule has 2 heterocycles. The maximum Gasteiger partial charge on any atom is 0.191 e. The first-order valence-electron chi connectivity index (χ1n) is 9.69. The molecule has 0 spiro atoms. The highest BCUT2D eigenvalue weighted by molar-refractivity contribution is 5.79. The van der Waals surface area contributed by atoms with E-state index in [1.165, 1.54) is 37.8 Å². The van der Waals surface area contributed by atoms with Gasteiger partial charge in [-0.2, -0.15) is 0 Å². The topological polar surface area (TPSA) is 48.9 Å². The average molecular weight is 345 g/mol. The number of rotatable bonds is 6. The molecule has 2 atom stereocenters. The van der Waals surface area contributed by atoms with Gasteiger partial charge in [0.15, 0.2) is 5.96 Å². The number of hydrogen-bond donors (Lipinski definition) is 2. The van der Waals surface area contributed by atoms with Gasteiger partial charge in [-0.1, -0.05) is 36.8 Å². The molecule has 1 aromatic carbocycles. The van der Waals surface area contributed by atoms with E-state index in [0.717, 1.165) is 38.6 Å². The van der Waals surface area contributed by atoms with E-state index in [0.29, 0.717) is 12.1 Å². The number of nitrogens with one attached hydrogen (secondary N) is 2. The lowest BCUT2D eigenvalue weighted by Crippen LogP contribution is -2.49. The van der Waals surface area contributed by atoms with Gasteiger partial charge in [0.1, 0.15) is 0 Å². The number of piperidine rings is 1. The molecule has 5 nitrogen and oxygen atoms in total. The summed E-state index contributed by atoms with van der Waals surface area (Å²) in [6.45, 7) is 4.91. The van der Waals surface area contributed by atoms with Crippen molar-refractivity contribution in [1.82, 2.24) is 15.5 Å². The lowest BCUT2D eigenvalue weighted by atomic mass is 10.0. The highest BCUT2D eigenvalue weighted by atomic mass is 16.5. The van der Waals surface area contributed by atoms with Crippen molar-refractivity contribution in [3.8, 4) is 0 Å².